The van der Waals surface area contributed by atoms with Crippen LogP contribution in [0.3, 0.4) is 0 Å². The van der Waals surface area contributed by atoms with Crippen LogP contribution in [0, 0.1) is 6.92 Å². The van der Waals surface area contributed by atoms with Gasteiger partial charge in [-0.05, 0) is 148 Å². The Balaban J connectivity index is 0.822. The summed E-state index contributed by atoms with van der Waals surface area (Å²) in [5.41, 5.74) is 20.9. The third-order valence-corrected chi connectivity index (χ3v) is 17.1. The molecule has 1 N–H and O–H groups in total. The third kappa shape index (κ3) is 6.13. The number of fused-ring (bicyclic) bond motifs is 7. The highest BCUT2D eigenvalue weighted by Gasteiger charge is 2.46. The third-order valence-electron chi connectivity index (χ3n) is 17.1. The molecule has 2 aromatic heterocycles. The minimum atomic E-state index is -0.159. The molecule has 0 amide bonds. The fourth-order valence-electron chi connectivity index (χ4n) is 13.9. The van der Waals surface area contributed by atoms with Crippen LogP contribution in [0.1, 0.15) is 60.9 Å². The maximum atomic E-state index is 3.98. The van der Waals surface area contributed by atoms with Crippen molar-refractivity contribution < 1.29 is 0 Å². The molecule has 12 aromatic rings. The molecule has 15 rings (SSSR count). The van der Waals surface area contributed by atoms with Crippen LogP contribution in [0.15, 0.2) is 224 Å². The van der Waals surface area contributed by atoms with Gasteiger partial charge in [-0.25, -0.2) is 0 Å². The van der Waals surface area contributed by atoms with E-state index in [9.17, 15) is 0 Å². The lowest BCUT2D eigenvalue weighted by atomic mass is 9.75. The second-order valence-electron chi connectivity index (χ2n) is 21.8. The SMILES string of the molecule is Cc1ccc(-n2c3ccccc3c3ccccc32)cc1-c1cc(N2c3ccccc3C3C=CC=CC32)ccc1Nc1ccc(C2(C)CC(C)(C)c3cc(-n4c5cccc6ccc7cccc4c7c65)ccc32)cc1. The van der Waals surface area contributed by atoms with Crippen LogP contribution < -0.4 is 10.2 Å². The van der Waals surface area contributed by atoms with Gasteiger partial charge in [0.15, 0.2) is 0 Å². The van der Waals surface area contributed by atoms with Gasteiger partial charge in [-0.3, -0.25) is 0 Å². The van der Waals surface area contributed by atoms with Crippen molar-refractivity contribution in [3.05, 3.63) is 252 Å². The van der Waals surface area contributed by atoms with E-state index in [1.807, 2.05) is 0 Å². The van der Waals surface area contributed by atoms with Gasteiger partial charge in [0.1, 0.15) is 0 Å². The van der Waals surface area contributed by atoms with E-state index >= 15 is 0 Å². The summed E-state index contributed by atoms with van der Waals surface area (Å²) in [6, 6.07) is 75.3. The number of aromatic nitrogens is 2. The second-order valence-corrected chi connectivity index (χ2v) is 21.8. The van der Waals surface area contributed by atoms with Crippen LogP contribution in [0.5, 0.6) is 0 Å². The molecule has 4 heteroatoms. The summed E-state index contributed by atoms with van der Waals surface area (Å²) >= 11 is 0. The van der Waals surface area contributed by atoms with Crippen LogP contribution in [-0.2, 0) is 10.8 Å². The number of allylic oxidation sites excluding steroid dienone is 2. The first-order valence-electron chi connectivity index (χ1n) is 26.0. The zero-order chi connectivity index (χ0) is 48.7. The Bertz CT molecular complexity index is 4170. The molecule has 350 valence electrons. The second kappa shape index (κ2) is 15.5. The van der Waals surface area contributed by atoms with E-state index in [0.29, 0.717) is 5.92 Å². The Kier molecular flexibility index (Phi) is 8.91. The molecule has 3 heterocycles. The topological polar surface area (TPSA) is 25.1 Å². The average Bonchev–Trinajstić information content (AvgIpc) is 4.12. The van der Waals surface area contributed by atoms with Crippen LogP contribution in [0.4, 0.5) is 22.7 Å². The number of rotatable bonds is 7. The van der Waals surface area contributed by atoms with E-state index < -0.39 is 0 Å². The smallest absolute Gasteiger partial charge is 0.0629 e. The van der Waals surface area contributed by atoms with Crippen LogP contribution in [0.25, 0.3) is 76.9 Å². The van der Waals surface area contributed by atoms with E-state index in [-0.39, 0.29) is 16.9 Å². The standard InChI is InChI=1S/C69H54N4/c1-43-27-34-48(71-60-21-9-5-17-51(60)52-18-6-10-22-61(52)71)39-55(43)56-40-49(72-62-23-11-7-19-53(62)54-20-8-12-24-63(54)72)36-38-59(56)70-47-32-30-46(31-33-47)69(4)42-68(2,3)58-41-50(35-37-57(58)69)73-64-25-13-15-44-28-29-45-16-14-26-65(73)67(45)66(44)64/h5-41,53,62,70H,42H2,1-4H3. The molecule has 10 aromatic carbocycles. The molecule has 3 unspecified atom stereocenters. The fourth-order valence-corrected chi connectivity index (χ4v) is 13.9. The van der Waals surface area contributed by atoms with Gasteiger partial charge in [0.25, 0.3) is 0 Å². The minimum Gasteiger partial charge on any atom is -0.355 e. The zero-order valence-electron chi connectivity index (χ0n) is 41.6. The molecule has 0 spiro atoms. The monoisotopic (exact) mass is 938 g/mol. The number of hydrogen-bond acceptors (Lipinski definition) is 2. The molecular formula is C69H54N4. The Morgan fingerprint density at radius 1 is 0.493 bits per heavy atom. The first kappa shape index (κ1) is 42.1. The van der Waals surface area contributed by atoms with Crippen molar-refractivity contribution in [2.24, 2.45) is 0 Å². The summed E-state index contributed by atoms with van der Waals surface area (Å²) in [7, 11) is 0. The molecule has 3 aliphatic rings. The van der Waals surface area contributed by atoms with E-state index in [2.05, 4.69) is 272 Å². The number of para-hydroxylation sites is 3. The van der Waals surface area contributed by atoms with Gasteiger partial charge in [0, 0.05) is 72.6 Å². The minimum absolute atomic E-state index is 0.0243. The van der Waals surface area contributed by atoms with Crippen molar-refractivity contribution in [3.63, 3.8) is 0 Å². The first-order chi connectivity index (χ1) is 35.7. The molecule has 0 fully saturated rings. The van der Waals surface area contributed by atoms with Gasteiger partial charge in [-0.15, -0.1) is 0 Å². The summed E-state index contributed by atoms with van der Waals surface area (Å²) in [6.45, 7) is 9.57. The van der Waals surface area contributed by atoms with E-state index in [4.69, 9.17) is 0 Å². The Hall–Kier alpha value is -8.60. The molecule has 4 nitrogen and oxygen atoms in total. The molecule has 73 heavy (non-hydrogen) atoms. The van der Waals surface area contributed by atoms with Crippen LogP contribution >= 0.6 is 0 Å². The molecule has 0 bridgehead atoms. The van der Waals surface area contributed by atoms with Crippen molar-refractivity contribution in [2.75, 3.05) is 10.2 Å². The highest BCUT2D eigenvalue weighted by atomic mass is 15.2. The number of nitrogens with zero attached hydrogens (tertiary/aromatic N) is 3. The number of anilines is 4. The quantitative estimate of drug-likeness (QED) is 0.161. The predicted octanol–water partition coefficient (Wildman–Crippen LogP) is 17.9. The Morgan fingerprint density at radius 3 is 1.84 bits per heavy atom. The maximum absolute atomic E-state index is 3.98. The first-order valence-corrected chi connectivity index (χ1v) is 26.0. The molecule has 0 saturated heterocycles. The number of nitrogens with one attached hydrogen (secondary N) is 1. The highest BCUT2D eigenvalue weighted by Crippen LogP contribution is 2.54. The number of hydrogen-bond donors (Lipinski definition) is 1. The average molecular weight is 939 g/mol. The molecule has 3 atom stereocenters. The van der Waals surface area contributed by atoms with Gasteiger partial charge < -0.3 is 19.4 Å². The Morgan fingerprint density at radius 2 is 1.10 bits per heavy atom. The zero-order valence-corrected chi connectivity index (χ0v) is 41.6. The molecule has 1 aliphatic heterocycles. The van der Waals surface area contributed by atoms with Gasteiger partial charge in [0.05, 0.1) is 28.1 Å². The Labute approximate surface area is 426 Å². The predicted molar refractivity (Wildman–Crippen MR) is 308 cm³/mol. The highest BCUT2D eigenvalue weighted by molar-refractivity contribution is 6.24. The van der Waals surface area contributed by atoms with Gasteiger partial charge >= 0.3 is 0 Å². The lowest BCUT2D eigenvalue weighted by Crippen LogP contribution is -2.28. The van der Waals surface area contributed by atoms with Crippen molar-refractivity contribution in [3.8, 4) is 22.5 Å². The van der Waals surface area contributed by atoms with E-state index in [1.165, 1.54) is 110 Å². The summed E-state index contributed by atoms with van der Waals surface area (Å²) in [6.07, 6.45) is 10.2. The summed E-state index contributed by atoms with van der Waals surface area (Å²) in [5, 5.41) is 11.8. The largest absolute Gasteiger partial charge is 0.355 e. The maximum Gasteiger partial charge on any atom is 0.0629 e. The van der Waals surface area contributed by atoms with Crippen molar-refractivity contribution >= 4 is 77.1 Å². The summed E-state index contributed by atoms with van der Waals surface area (Å²) in [4.78, 5) is 2.55. The van der Waals surface area contributed by atoms with Crippen molar-refractivity contribution in [2.45, 2.75) is 56.9 Å². The van der Waals surface area contributed by atoms with E-state index in [1.54, 1.807) is 0 Å². The summed E-state index contributed by atoms with van der Waals surface area (Å²) < 4.78 is 4.92. The molecule has 0 radical (unpaired) electrons. The lowest BCUT2D eigenvalue weighted by Gasteiger charge is -2.30. The summed E-state index contributed by atoms with van der Waals surface area (Å²) in [5.74, 6) is 0.302. The van der Waals surface area contributed by atoms with E-state index in [0.717, 1.165) is 23.5 Å². The van der Waals surface area contributed by atoms with Gasteiger partial charge in [0.2, 0.25) is 0 Å². The molecule has 2 aliphatic carbocycles. The van der Waals surface area contributed by atoms with Crippen LogP contribution in [-0.4, -0.2) is 15.2 Å². The molecule has 0 saturated carbocycles. The molecular weight excluding hydrogens is 885 g/mol. The van der Waals surface area contributed by atoms with Crippen molar-refractivity contribution in [1.29, 1.82) is 0 Å². The number of benzene rings is 10. The normalized spacial score (nSPS) is 18.7. The van der Waals surface area contributed by atoms with Crippen molar-refractivity contribution in [1.82, 2.24) is 9.13 Å². The van der Waals surface area contributed by atoms with Crippen LogP contribution in [0.2, 0.25) is 0 Å². The fraction of sp³-hybridized carbons (Fsp3) is 0.130. The van der Waals surface area contributed by atoms with Gasteiger partial charge in [-0.2, -0.15) is 0 Å². The lowest BCUT2D eigenvalue weighted by molar-refractivity contribution is 0.425. The van der Waals surface area contributed by atoms with Gasteiger partial charge in [-0.1, -0.05) is 160 Å². The number of aryl methyl sites for hydroxylation is 1.